The van der Waals surface area contributed by atoms with Crippen molar-refractivity contribution >= 4 is 23.0 Å². The summed E-state index contributed by atoms with van der Waals surface area (Å²) in [4.78, 5) is 10.3. The van der Waals surface area contributed by atoms with Gasteiger partial charge in [-0.3, -0.25) is 10.1 Å². The average Bonchev–Trinajstić information content (AvgIpc) is 2.29. The number of nitro benzene ring substituents is 1. The summed E-state index contributed by atoms with van der Waals surface area (Å²) in [6.07, 6.45) is 0.200. The second-order valence-corrected chi connectivity index (χ2v) is 3.65. The molecule has 1 aromatic rings. The molecule has 0 aliphatic rings. The average molecular weight is 250 g/mol. The Kier molecular flexibility index (Phi) is 4.55. The van der Waals surface area contributed by atoms with Crippen LogP contribution in [0.15, 0.2) is 18.2 Å². The minimum Gasteiger partial charge on any atom is -0.487 e. The highest BCUT2D eigenvalue weighted by Crippen LogP contribution is 2.21. The summed E-state index contributed by atoms with van der Waals surface area (Å²) in [5.74, 6) is 0. The Morgan fingerprint density at radius 3 is 2.88 bits per heavy atom. The van der Waals surface area contributed by atoms with Gasteiger partial charge in [-0.25, -0.2) is 0 Å². The SMILES string of the molecule is CCOC(=S)Cc1ccc(C#N)cc1[N+](=O)[O-]. The lowest BCUT2D eigenvalue weighted by Gasteiger charge is -2.05. The highest BCUT2D eigenvalue weighted by molar-refractivity contribution is 7.80. The van der Waals surface area contributed by atoms with Gasteiger partial charge in [0.05, 0.1) is 23.2 Å². The predicted octanol–water partition coefficient (Wildman–Crippen LogP) is 2.37. The van der Waals surface area contributed by atoms with Crippen molar-refractivity contribution in [2.75, 3.05) is 6.61 Å². The van der Waals surface area contributed by atoms with E-state index in [4.69, 9.17) is 22.2 Å². The van der Waals surface area contributed by atoms with Gasteiger partial charge in [0.2, 0.25) is 0 Å². The zero-order valence-electron chi connectivity index (χ0n) is 9.17. The summed E-state index contributed by atoms with van der Waals surface area (Å²) >= 11 is 4.93. The van der Waals surface area contributed by atoms with E-state index in [9.17, 15) is 10.1 Å². The number of nitriles is 1. The van der Waals surface area contributed by atoms with Crippen molar-refractivity contribution in [3.63, 3.8) is 0 Å². The second kappa shape index (κ2) is 5.92. The molecule has 6 heteroatoms. The van der Waals surface area contributed by atoms with Gasteiger partial charge in [-0.1, -0.05) is 6.07 Å². The minimum atomic E-state index is -0.523. The maximum atomic E-state index is 10.8. The van der Waals surface area contributed by atoms with Gasteiger partial charge in [0.15, 0.2) is 5.05 Å². The molecule has 0 saturated carbocycles. The monoisotopic (exact) mass is 250 g/mol. The molecule has 0 amide bonds. The van der Waals surface area contributed by atoms with Crippen LogP contribution in [0.5, 0.6) is 0 Å². The Labute approximate surface area is 104 Å². The number of benzene rings is 1. The van der Waals surface area contributed by atoms with E-state index in [-0.39, 0.29) is 17.7 Å². The molecular formula is C11H10N2O3S. The van der Waals surface area contributed by atoms with Gasteiger partial charge in [0.25, 0.3) is 5.69 Å². The molecule has 17 heavy (non-hydrogen) atoms. The van der Waals surface area contributed by atoms with Crippen molar-refractivity contribution in [3.8, 4) is 6.07 Å². The summed E-state index contributed by atoms with van der Waals surface area (Å²) in [5.41, 5.74) is 0.598. The van der Waals surface area contributed by atoms with Crippen LogP contribution in [0.3, 0.4) is 0 Å². The first-order chi connectivity index (χ1) is 8.08. The zero-order chi connectivity index (χ0) is 12.8. The van der Waals surface area contributed by atoms with Gasteiger partial charge in [0.1, 0.15) is 0 Å². The van der Waals surface area contributed by atoms with Crippen LogP contribution in [-0.2, 0) is 11.2 Å². The van der Waals surface area contributed by atoms with Gasteiger partial charge in [-0.15, -0.1) is 0 Å². The van der Waals surface area contributed by atoms with Crippen molar-refractivity contribution in [3.05, 3.63) is 39.4 Å². The molecule has 0 spiro atoms. The molecule has 0 saturated heterocycles. The van der Waals surface area contributed by atoms with Gasteiger partial charge in [-0.2, -0.15) is 5.26 Å². The lowest BCUT2D eigenvalue weighted by Crippen LogP contribution is -2.07. The van der Waals surface area contributed by atoms with Crippen LogP contribution in [0, 0.1) is 21.4 Å². The maximum absolute atomic E-state index is 10.8. The summed E-state index contributed by atoms with van der Waals surface area (Å²) in [5, 5.41) is 19.8. The molecule has 0 N–H and O–H groups in total. The van der Waals surface area contributed by atoms with E-state index in [1.54, 1.807) is 6.92 Å². The van der Waals surface area contributed by atoms with Gasteiger partial charge in [0, 0.05) is 18.1 Å². The molecule has 0 aliphatic heterocycles. The lowest BCUT2D eigenvalue weighted by atomic mass is 10.1. The highest BCUT2D eigenvalue weighted by atomic mass is 32.1. The summed E-state index contributed by atoms with van der Waals surface area (Å²) in [6.45, 7) is 2.22. The van der Waals surface area contributed by atoms with Crippen molar-refractivity contribution in [1.82, 2.24) is 0 Å². The van der Waals surface area contributed by atoms with Crippen LogP contribution in [0.1, 0.15) is 18.1 Å². The zero-order valence-corrected chi connectivity index (χ0v) is 9.99. The van der Waals surface area contributed by atoms with E-state index in [0.29, 0.717) is 17.2 Å². The number of nitro groups is 1. The topological polar surface area (TPSA) is 76.2 Å². The highest BCUT2D eigenvalue weighted by Gasteiger charge is 2.16. The first kappa shape index (κ1) is 13.1. The third-order valence-corrected chi connectivity index (χ3v) is 2.31. The fourth-order valence-electron chi connectivity index (χ4n) is 1.32. The quantitative estimate of drug-likeness (QED) is 0.466. The lowest BCUT2D eigenvalue weighted by molar-refractivity contribution is -0.385. The molecule has 0 atom stereocenters. The summed E-state index contributed by atoms with van der Waals surface area (Å²) in [6, 6.07) is 6.15. The van der Waals surface area contributed by atoms with E-state index in [1.807, 2.05) is 6.07 Å². The van der Waals surface area contributed by atoms with Crippen LogP contribution in [0.4, 0.5) is 5.69 Å². The van der Waals surface area contributed by atoms with Crippen LogP contribution < -0.4 is 0 Å². The molecule has 1 rings (SSSR count). The van der Waals surface area contributed by atoms with Crippen LogP contribution >= 0.6 is 12.2 Å². The van der Waals surface area contributed by atoms with Crippen molar-refractivity contribution in [2.24, 2.45) is 0 Å². The fraction of sp³-hybridized carbons (Fsp3) is 0.273. The van der Waals surface area contributed by atoms with Crippen molar-refractivity contribution in [1.29, 1.82) is 5.26 Å². The molecule has 88 valence electrons. The Hall–Kier alpha value is -2.00. The Morgan fingerprint density at radius 2 is 2.35 bits per heavy atom. The van der Waals surface area contributed by atoms with E-state index < -0.39 is 4.92 Å². The third-order valence-electron chi connectivity index (χ3n) is 2.05. The number of rotatable bonds is 4. The molecule has 0 aromatic heterocycles. The second-order valence-electron chi connectivity index (χ2n) is 3.19. The molecule has 0 aliphatic carbocycles. The molecule has 0 heterocycles. The predicted molar refractivity (Wildman–Crippen MR) is 65.7 cm³/mol. The number of hydrogen-bond donors (Lipinski definition) is 0. The Bertz CT molecular complexity index is 494. The van der Waals surface area contributed by atoms with Gasteiger partial charge < -0.3 is 4.74 Å². The maximum Gasteiger partial charge on any atom is 0.274 e. The van der Waals surface area contributed by atoms with E-state index in [0.717, 1.165) is 0 Å². The Morgan fingerprint density at radius 1 is 1.65 bits per heavy atom. The molecule has 0 unspecified atom stereocenters. The molecule has 0 radical (unpaired) electrons. The summed E-state index contributed by atoms with van der Waals surface area (Å²) in [7, 11) is 0. The van der Waals surface area contributed by atoms with Gasteiger partial charge in [-0.05, 0) is 25.2 Å². The first-order valence-electron chi connectivity index (χ1n) is 4.91. The van der Waals surface area contributed by atoms with Crippen LogP contribution in [0.2, 0.25) is 0 Å². The largest absolute Gasteiger partial charge is 0.487 e. The first-order valence-corrected chi connectivity index (χ1v) is 5.32. The standard InChI is InChI=1S/C11H10N2O3S/c1-2-16-11(17)6-9-4-3-8(7-12)5-10(9)13(14)15/h3-5H,2,6H2,1H3. The van der Waals surface area contributed by atoms with E-state index in [2.05, 4.69) is 0 Å². The number of ether oxygens (including phenoxy) is 1. The molecular weight excluding hydrogens is 240 g/mol. The van der Waals surface area contributed by atoms with Gasteiger partial charge >= 0.3 is 0 Å². The minimum absolute atomic E-state index is 0.105. The van der Waals surface area contributed by atoms with E-state index in [1.165, 1.54) is 18.2 Å². The van der Waals surface area contributed by atoms with Crippen LogP contribution in [-0.4, -0.2) is 16.6 Å². The van der Waals surface area contributed by atoms with Crippen molar-refractivity contribution < 1.29 is 9.66 Å². The summed E-state index contributed by atoms with van der Waals surface area (Å²) < 4.78 is 5.08. The van der Waals surface area contributed by atoms with Crippen LogP contribution in [0.25, 0.3) is 0 Å². The number of hydrogen-bond acceptors (Lipinski definition) is 5. The molecule has 0 bridgehead atoms. The molecule has 1 aromatic carbocycles. The molecule has 5 nitrogen and oxygen atoms in total. The van der Waals surface area contributed by atoms with Crippen molar-refractivity contribution in [2.45, 2.75) is 13.3 Å². The normalized spacial score (nSPS) is 9.41. The Balaban J connectivity index is 3.03. The fourth-order valence-corrected chi connectivity index (χ4v) is 1.59. The number of nitrogens with zero attached hydrogens (tertiary/aromatic N) is 2. The number of thiocarbonyl (C=S) groups is 1. The third kappa shape index (κ3) is 3.50. The smallest absolute Gasteiger partial charge is 0.274 e. The molecule has 0 fully saturated rings. The van der Waals surface area contributed by atoms with E-state index >= 15 is 0 Å².